The number of aromatic nitrogens is 2. The average Bonchev–Trinajstić information content (AvgIpc) is 1.95. The van der Waals surface area contributed by atoms with Crippen LogP contribution in [0.15, 0.2) is 53.3 Å². The van der Waals surface area contributed by atoms with Gasteiger partial charge in [0.25, 0.3) is 5.56 Å². The zero-order valence-electron chi connectivity index (χ0n) is 50.2. The van der Waals surface area contributed by atoms with Gasteiger partial charge in [0.15, 0.2) is 0 Å². The van der Waals surface area contributed by atoms with Crippen LogP contribution in [0.3, 0.4) is 0 Å². The lowest BCUT2D eigenvalue weighted by Gasteiger charge is -2.39. The van der Waals surface area contributed by atoms with Gasteiger partial charge < -0.3 is 65.8 Å². The van der Waals surface area contributed by atoms with Gasteiger partial charge in [0.1, 0.15) is 44.1 Å². The molecule has 466 valence electrons. The molecule has 4 heterocycles. The number of cyclic esters (lactones) is 1. The number of rotatable bonds is 32. The Kier molecular flexibility index (Phi) is 23.4. The molecule has 2 aromatic heterocycles. The fourth-order valence-electron chi connectivity index (χ4n) is 10.7. The van der Waals surface area contributed by atoms with Crippen LogP contribution in [0.4, 0.5) is 15.3 Å². The second kappa shape index (κ2) is 29.7. The third-order valence-corrected chi connectivity index (χ3v) is 16.3. The number of aryl methyl sites for hydroxylation is 1. The van der Waals surface area contributed by atoms with Crippen LogP contribution < -0.4 is 49.1 Å². The van der Waals surface area contributed by atoms with Crippen LogP contribution in [0.1, 0.15) is 148 Å². The number of anilines is 1. The lowest BCUT2D eigenvalue weighted by Crippen LogP contribution is -2.59. The quantitative estimate of drug-likeness (QED) is 0.0120. The Labute approximate surface area is 494 Å². The van der Waals surface area contributed by atoms with E-state index in [0.717, 1.165) is 22.9 Å². The zero-order valence-corrected chi connectivity index (χ0v) is 50.2. The van der Waals surface area contributed by atoms with Gasteiger partial charge in [-0.2, -0.15) is 0 Å². The Balaban J connectivity index is 1.09. The fraction of sp³-hybridized carbons (Fsp3) is 0.567. The zero-order chi connectivity index (χ0) is 62.4. The van der Waals surface area contributed by atoms with Crippen molar-refractivity contribution < 1.29 is 67.9 Å². The Morgan fingerprint density at radius 3 is 2.26 bits per heavy atom. The number of benzene rings is 2. The number of aromatic hydroxyl groups is 1. The average molecular weight is 1190 g/mol. The lowest BCUT2D eigenvalue weighted by molar-refractivity contribution is -0.175. The van der Waals surface area contributed by atoms with Gasteiger partial charge in [0.05, 0.1) is 46.7 Å². The number of hydrogen-bond acceptors (Lipinski definition) is 19. The highest BCUT2D eigenvalue weighted by molar-refractivity contribution is 5.98. The largest absolute Gasteiger partial charge is 0.510 e. The van der Waals surface area contributed by atoms with Gasteiger partial charge >= 0.3 is 18.2 Å². The number of nitrogens with zero attached hydrogens (tertiary/aromatic N) is 2. The van der Waals surface area contributed by atoms with Gasteiger partial charge in [-0.3, -0.25) is 34.6 Å². The van der Waals surface area contributed by atoms with Crippen molar-refractivity contribution in [1.82, 2.24) is 36.1 Å². The highest BCUT2D eigenvalue weighted by Gasteiger charge is 2.51. The summed E-state index contributed by atoms with van der Waals surface area (Å²) in [5.41, 5.74) is 6.30. The molecule has 0 radical (unpaired) electrons. The van der Waals surface area contributed by atoms with E-state index in [0.29, 0.717) is 60.4 Å². The van der Waals surface area contributed by atoms with E-state index in [-0.39, 0.29) is 80.9 Å². The number of phenolic OH excluding ortho intramolecular Hbond substituents is 1. The van der Waals surface area contributed by atoms with Gasteiger partial charge in [-0.25, -0.2) is 25.3 Å². The molecule has 6 rings (SSSR count). The number of ether oxygens (including phenoxy) is 4. The minimum Gasteiger partial charge on any atom is -0.508 e. The van der Waals surface area contributed by atoms with E-state index in [9.17, 15) is 48.9 Å². The molecule has 2 aliphatic rings. The van der Waals surface area contributed by atoms with E-state index >= 15 is 0 Å². The van der Waals surface area contributed by atoms with E-state index in [4.69, 9.17) is 35.6 Å². The van der Waals surface area contributed by atoms with Crippen molar-refractivity contribution in [3.8, 4) is 17.1 Å². The summed E-state index contributed by atoms with van der Waals surface area (Å²) in [5.74, 6) is 2.13. The number of urea groups is 1. The van der Waals surface area contributed by atoms with E-state index in [1.54, 1.807) is 67.8 Å². The van der Waals surface area contributed by atoms with E-state index in [1.165, 1.54) is 6.07 Å². The van der Waals surface area contributed by atoms with Gasteiger partial charge in [0.2, 0.25) is 23.3 Å². The fourth-order valence-corrected chi connectivity index (χ4v) is 10.7. The number of phenols is 1. The van der Waals surface area contributed by atoms with Crippen LogP contribution in [-0.2, 0) is 74.7 Å². The first-order chi connectivity index (χ1) is 40.4. The maximum Gasteiger partial charge on any atom is 0.510 e. The molecule has 0 aliphatic carbocycles. The number of nitrogens with one attached hydrogen (secondary N) is 6. The Morgan fingerprint density at radius 2 is 1.62 bits per heavy atom. The second-order valence-corrected chi connectivity index (χ2v) is 22.6. The molecule has 0 saturated carbocycles. The van der Waals surface area contributed by atoms with Crippen molar-refractivity contribution in [2.45, 2.75) is 194 Å². The summed E-state index contributed by atoms with van der Waals surface area (Å²) in [7, 11) is 0. The number of aliphatic hydroxyl groups excluding tert-OH is 2. The van der Waals surface area contributed by atoms with Gasteiger partial charge in [-0.1, -0.05) is 60.6 Å². The SMILES string of the molecule is CCc1c2c(nc3ccc(O)cc13)-c1cc3c(c(=O)n1C2)COC(=O)[C@@]3(CC)OC(=O)OCc1ccc(NC(=O)[C@H](CCCNC(N)=O)NC(=O)[C@@H](NC(O)CC[C@H](NC(=O)CON)C(O)NC(CC)(CC)CCOC(C)(C)CC)C(C)C)cc1. The van der Waals surface area contributed by atoms with Gasteiger partial charge in [-0.05, 0) is 131 Å². The minimum absolute atomic E-state index is 0.0400. The van der Waals surface area contributed by atoms with E-state index in [1.807, 2.05) is 41.5 Å². The number of aliphatic hydroxyl groups is 2. The van der Waals surface area contributed by atoms with Crippen molar-refractivity contribution in [2.24, 2.45) is 17.5 Å². The summed E-state index contributed by atoms with van der Waals surface area (Å²) in [6.45, 7) is 16.7. The topological polar surface area (TPSA) is 368 Å². The van der Waals surface area contributed by atoms with Gasteiger partial charge in [-0.15, -0.1) is 0 Å². The molecule has 2 aliphatic heterocycles. The number of fused-ring (bicyclic) bond motifs is 5. The van der Waals surface area contributed by atoms with Crippen LogP contribution in [0.25, 0.3) is 22.3 Å². The maximum atomic E-state index is 14.2. The number of nitrogens with two attached hydrogens (primary N) is 2. The molecule has 2 aromatic carbocycles. The number of hydrogen-bond donors (Lipinski definition) is 11. The molecule has 0 fully saturated rings. The first kappa shape index (κ1) is 66.9. The van der Waals surface area contributed by atoms with E-state index < -0.39 is 95.7 Å². The number of pyridine rings is 2. The third-order valence-electron chi connectivity index (χ3n) is 16.3. The molecule has 5 amide bonds. The second-order valence-electron chi connectivity index (χ2n) is 22.6. The highest BCUT2D eigenvalue weighted by Crippen LogP contribution is 2.43. The number of carbonyl (C=O) groups excluding carboxylic acids is 6. The van der Waals surface area contributed by atoms with Gasteiger partial charge in [0, 0.05) is 40.9 Å². The third kappa shape index (κ3) is 16.6. The molecule has 13 N–H and O–H groups in total. The monoisotopic (exact) mass is 1190 g/mol. The number of primary amides is 1. The van der Waals surface area contributed by atoms with Crippen LogP contribution >= 0.6 is 0 Å². The molecule has 0 saturated heterocycles. The standard InChI is InChI=1S/C60H86N10O15/c1-10-38-39-28-37(71)21-22-43(39)66-50-40(38)30-70-46(50)29-42-41(54(70)77)32-81-55(78)60(42,14-5)85-57(80)82-31-35-17-19-36(20-18-35)64-51(74)44(16-15-26-63-56(61)79)67-53(76)49(34(6)7)68-47(72)24-23-45(65-48(73)33-84-62)52(75)69-59(12-3,13-4)25-27-83-58(8,9)11-2/h17-22,28-29,34,44-45,47,49,52,68-69,71-72,75H,10-16,23-27,30-33,62H2,1-9H3,(H,64,74)(H,65,73)(H,67,76)(H3,61,63,79)/t44-,45-,47?,49-,52?,60-/m0/s1. The lowest BCUT2D eigenvalue weighted by atomic mass is 9.85. The summed E-state index contributed by atoms with van der Waals surface area (Å²) >= 11 is 0. The minimum atomic E-state index is -2.04. The van der Waals surface area contributed by atoms with Crippen molar-refractivity contribution in [2.75, 3.05) is 25.1 Å². The Bertz CT molecular complexity index is 3080. The summed E-state index contributed by atoms with van der Waals surface area (Å²) in [5, 5.41) is 51.0. The Hall–Kier alpha value is -7.26. The van der Waals surface area contributed by atoms with Crippen LogP contribution in [0, 0.1) is 5.92 Å². The summed E-state index contributed by atoms with van der Waals surface area (Å²) < 4.78 is 24.5. The molecule has 4 aromatic rings. The molecule has 0 spiro atoms. The van der Waals surface area contributed by atoms with Crippen molar-refractivity contribution in [3.63, 3.8) is 0 Å². The highest BCUT2D eigenvalue weighted by atomic mass is 16.7. The molecular weight excluding hydrogens is 1100 g/mol. The molecule has 85 heavy (non-hydrogen) atoms. The molecule has 6 atom stereocenters. The van der Waals surface area contributed by atoms with E-state index in [2.05, 4.69) is 36.7 Å². The van der Waals surface area contributed by atoms with Crippen LogP contribution in [0.5, 0.6) is 5.75 Å². The van der Waals surface area contributed by atoms with Crippen LogP contribution in [-0.4, -0.2) is 122 Å². The molecule has 25 nitrogen and oxygen atoms in total. The summed E-state index contributed by atoms with van der Waals surface area (Å²) in [4.78, 5) is 103. The summed E-state index contributed by atoms with van der Waals surface area (Å²) in [6.07, 6.45) is -0.387. The predicted molar refractivity (Wildman–Crippen MR) is 315 cm³/mol. The molecule has 25 heteroatoms. The first-order valence-electron chi connectivity index (χ1n) is 29.2. The number of esters is 1. The maximum absolute atomic E-state index is 14.2. The smallest absolute Gasteiger partial charge is 0.508 e. The van der Waals surface area contributed by atoms with Crippen molar-refractivity contribution in [3.05, 3.63) is 86.7 Å². The molecule has 0 bridgehead atoms. The number of carbonyl (C=O) groups is 6. The molecular formula is C60H86N10O15. The van der Waals surface area contributed by atoms with Crippen LogP contribution in [0.2, 0.25) is 0 Å². The predicted octanol–water partition coefficient (Wildman–Crippen LogP) is 4.73. The first-order valence-corrected chi connectivity index (χ1v) is 29.2. The summed E-state index contributed by atoms with van der Waals surface area (Å²) in [6, 6.07) is 8.86. The molecule has 2 unspecified atom stereocenters. The number of amides is 5. The normalized spacial score (nSPS) is 16.5. The van der Waals surface area contributed by atoms with Crippen molar-refractivity contribution in [1.29, 1.82) is 0 Å². The Morgan fingerprint density at radius 1 is 0.906 bits per heavy atom. The van der Waals surface area contributed by atoms with Crippen molar-refractivity contribution >= 4 is 52.5 Å².